The highest BCUT2D eigenvalue weighted by Crippen LogP contribution is 2.37. The fraction of sp³-hybridized carbons (Fsp3) is 0.381. The highest BCUT2D eigenvalue weighted by molar-refractivity contribution is 6.07. The lowest BCUT2D eigenvalue weighted by Crippen LogP contribution is -2.33. The third-order valence-electron chi connectivity index (χ3n) is 6.16. The standard InChI is InChI=1S/C21H23N5O2/c1-13-18-16(20(28)26-9-7-21(12-26)6-8-22-11-21)10-17(23-19(18)25-24-13)14-2-4-15(27)5-3-14/h2-5,10,22,27H,6-9,11-12H2,1H3,(H,23,24,25). The number of nitrogens with one attached hydrogen (secondary N) is 2. The van der Waals surface area contributed by atoms with E-state index in [0.29, 0.717) is 16.9 Å². The van der Waals surface area contributed by atoms with E-state index < -0.39 is 0 Å². The third kappa shape index (κ3) is 2.74. The number of carbonyl (C=O) groups is 1. The number of H-pyrrole nitrogens is 1. The second-order valence-electron chi connectivity index (χ2n) is 8.04. The molecule has 1 spiro atoms. The number of nitrogens with zero attached hydrogens (tertiary/aromatic N) is 3. The number of hydrogen-bond acceptors (Lipinski definition) is 5. The summed E-state index contributed by atoms with van der Waals surface area (Å²) in [6.07, 6.45) is 2.18. The number of phenols is 1. The lowest BCUT2D eigenvalue weighted by molar-refractivity contribution is 0.0777. The summed E-state index contributed by atoms with van der Waals surface area (Å²) in [6, 6.07) is 8.71. The van der Waals surface area contributed by atoms with Gasteiger partial charge in [0.15, 0.2) is 5.65 Å². The van der Waals surface area contributed by atoms with Gasteiger partial charge >= 0.3 is 0 Å². The molecule has 2 aliphatic heterocycles. The minimum absolute atomic E-state index is 0.0423. The summed E-state index contributed by atoms with van der Waals surface area (Å²) >= 11 is 0. The van der Waals surface area contributed by atoms with Crippen molar-refractivity contribution >= 4 is 16.9 Å². The Morgan fingerprint density at radius 2 is 2.07 bits per heavy atom. The summed E-state index contributed by atoms with van der Waals surface area (Å²) in [5, 5.41) is 21.0. The lowest BCUT2D eigenvalue weighted by Gasteiger charge is -2.23. The number of aryl methyl sites for hydroxylation is 1. The first-order valence-corrected chi connectivity index (χ1v) is 9.70. The Kier molecular flexibility index (Phi) is 3.87. The van der Waals surface area contributed by atoms with Crippen LogP contribution in [0.25, 0.3) is 22.3 Å². The fourth-order valence-corrected chi connectivity index (χ4v) is 4.56. The largest absolute Gasteiger partial charge is 0.508 e. The van der Waals surface area contributed by atoms with Crippen LogP contribution in [-0.2, 0) is 0 Å². The fourth-order valence-electron chi connectivity index (χ4n) is 4.56. The molecule has 5 rings (SSSR count). The summed E-state index contributed by atoms with van der Waals surface area (Å²) in [7, 11) is 0. The highest BCUT2D eigenvalue weighted by atomic mass is 16.3. The number of carbonyl (C=O) groups excluding carboxylic acids is 1. The van der Waals surface area contributed by atoms with Crippen LogP contribution in [0.15, 0.2) is 30.3 Å². The van der Waals surface area contributed by atoms with Crippen molar-refractivity contribution in [3.63, 3.8) is 0 Å². The molecular formula is C21H23N5O2. The van der Waals surface area contributed by atoms with Gasteiger partial charge in [0.25, 0.3) is 5.91 Å². The quantitative estimate of drug-likeness (QED) is 0.638. The minimum atomic E-state index is 0.0423. The normalized spacial score (nSPS) is 21.8. The first-order valence-electron chi connectivity index (χ1n) is 9.70. The Balaban J connectivity index is 1.56. The summed E-state index contributed by atoms with van der Waals surface area (Å²) in [4.78, 5) is 20.1. The van der Waals surface area contributed by atoms with Gasteiger partial charge in [0.1, 0.15) is 5.75 Å². The van der Waals surface area contributed by atoms with Crippen LogP contribution in [0.3, 0.4) is 0 Å². The number of aromatic nitrogens is 3. The molecule has 1 unspecified atom stereocenters. The van der Waals surface area contributed by atoms with E-state index >= 15 is 0 Å². The molecule has 2 saturated heterocycles. The maximum Gasteiger partial charge on any atom is 0.254 e. The van der Waals surface area contributed by atoms with E-state index in [4.69, 9.17) is 0 Å². The van der Waals surface area contributed by atoms with Crippen molar-refractivity contribution in [1.82, 2.24) is 25.4 Å². The van der Waals surface area contributed by atoms with Crippen LogP contribution >= 0.6 is 0 Å². The van der Waals surface area contributed by atoms with Gasteiger partial charge in [-0.05, 0) is 56.6 Å². The summed E-state index contributed by atoms with van der Waals surface area (Å²) in [5.41, 5.74) is 3.80. The zero-order valence-corrected chi connectivity index (χ0v) is 15.8. The molecule has 1 aromatic carbocycles. The van der Waals surface area contributed by atoms with Crippen molar-refractivity contribution in [2.75, 3.05) is 26.2 Å². The van der Waals surface area contributed by atoms with Crippen LogP contribution in [0.2, 0.25) is 0 Å². The smallest absolute Gasteiger partial charge is 0.254 e. The van der Waals surface area contributed by atoms with Gasteiger partial charge in [0, 0.05) is 30.6 Å². The molecule has 0 bridgehead atoms. The van der Waals surface area contributed by atoms with Gasteiger partial charge in [0.2, 0.25) is 0 Å². The highest BCUT2D eigenvalue weighted by Gasteiger charge is 2.42. The molecule has 28 heavy (non-hydrogen) atoms. The number of rotatable bonds is 2. The van der Waals surface area contributed by atoms with Gasteiger partial charge in [0.05, 0.1) is 22.3 Å². The Labute approximate surface area is 162 Å². The minimum Gasteiger partial charge on any atom is -0.508 e. The molecule has 4 heterocycles. The van der Waals surface area contributed by atoms with Gasteiger partial charge < -0.3 is 15.3 Å². The third-order valence-corrected chi connectivity index (χ3v) is 6.16. The SMILES string of the molecule is Cc1n[nH]c2nc(-c3ccc(O)cc3)cc(C(=O)N3CCC4(CCNC4)C3)c12. The van der Waals surface area contributed by atoms with Crippen LogP contribution in [0.1, 0.15) is 28.9 Å². The molecule has 1 atom stereocenters. The number of phenolic OH excluding ortho intramolecular Hbond substituents is 1. The molecular weight excluding hydrogens is 354 g/mol. The Hall–Kier alpha value is -2.93. The number of likely N-dealkylation sites (tertiary alicyclic amines) is 1. The van der Waals surface area contributed by atoms with Crippen LogP contribution in [0.5, 0.6) is 5.75 Å². The van der Waals surface area contributed by atoms with Gasteiger partial charge in [-0.2, -0.15) is 5.10 Å². The number of amides is 1. The van der Waals surface area contributed by atoms with Crippen molar-refractivity contribution in [3.8, 4) is 17.0 Å². The van der Waals surface area contributed by atoms with Crippen molar-refractivity contribution < 1.29 is 9.90 Å². The number of benzene rings is 1. The first-order chi connectivity index (χ1) is 13.5. The van der Waals surface area contributed by atoms with Crippen molar-refractivity contribution in [2.45, 2.75) is 19.8 Å². The van der Waals surface area contributed by atoms with Gasteiger partial charge in [-0.15, -0.1) is 0 Å². The van der Waals surface area contributed by atoms with Crippen molar-refractivity contribution in [3.05, 3.63) is 41.6 Å². The first kappa shape index (κ1) is 17.2. The number of aromatic hydroxyl groups is 1. The molecule has 0 radical (unpaired) electrons. The van der Waals surface area contributed by atoms with Crippen molar-refractivity contribution in [2.24, 2.45) is 5.41 Å². The molecule has 3 N–H and O–H groups in total. The predicted octanol–water partition coefficient (Wildman–Crippen LogP) is 2.46. The maximum absolute atomic E-state index is 13.5. The Bertz CT molecular complexity index is 1050. The zero-order valence-electron chi connectivity index (χ0n) is 15.8. The topological polar surface area (TPSA) is 94.1 Å². The molecule has 2 fully saturated rings. The van der Waals surface area contributed by atoms with E-state index in [-0.39, 0.29) is 17.1 Å². The lowest BCUT2D eigenvalue weighted by atomic mass is 9.86. The monoisotopic (exact) mass is 377 g/mol. The van der Waals surface area contributed by atoms with Gasteiger partial charge in [-0.25, -0.2) is 4.98 Å². The average molecular weight is 377 g/mol. The van der Waals surface area contributed by atoms with Crippen LogP contribution < -0.4 is 5.32 Å². The number of hydrogen-bond donors (Lipinski definition) is 3. The van der Waals surface area contributed by atoms with Crippen LogP contribution in [-0.4, -0.2) is 57.3 Å². The maximum atomic E-state index is 13.5. The Morgan fingerprint density at radius 3 is 2.82 bits per heavy atom. The van der Waals surface area contributed by atoms with Crippen molar-refractivity contribution in [1.29, 1.82) is 0 Å². The van der Waals surface area contributed by atoms with Gasteiger partial charge in [-0.1, -0.05) is 0 Å². The van der Waals surface area contributed by atoms with E-state index in [2.05, 4.69) is 20.5 Å². The molecule has 144 valence electrons. The molecule has 2 aromatic heterocycles. The summed E-state index contributed by atoms with van der Waals surface area (Å²) in [6.45, 7) is 5.51. The second kappa shape index (κ2) is 6.31. The zero-order chi connectivity index (χ0) is 19.3. The van der Waals surface area contributed by atoms with E-state index in [1.54, 1.807) is 24.3 Å². The van der Waals surface area contributed by atoms with E-state index in [1.165, 1.54) is 0 Å². The molecule has 3 aromatic rings. The van der Waals surface area contributed by atoms with E-state index in [1.807, 2.05) is 17.9 Å². The van der Waals surface area contributed by atoms with E-state index in [9.17, 15) is 9.90 Å². The average Bonchev–Trinajstić information content (AvgIpc) is 3.43. The molecule has 1 amide bonds. The van der Waals surface area contributed by atoms with Gasteiger partial charge in [-0.3, -0.25) is 9.89 Å². The molecule has 7 nitrogen and oxygen atoms in total. The predicted molar refractivity (Wildman–Crippen MR) is 106 cm³/mol. The molecule has 0 aliphatic carbocycles. The summed E-state index contributed by atoms with van der Waals surface area (Å²) < 4.78 is 0. The van der Waals surface area contributed by atoms with Crippen LogP contribution in [0.4, 0.5) is 0 Å². The van der Waals surface area contributed by atoms with E-state index in [0.717, 1.165) is 55.7 Å². The number of pyridine rings is 1. The number of fused-ring (bicyclic) bond motifs is 1. The summed E-state index contributed by atoms with van der Waals surface area (Å²) in [5.74, 6) is 0.242. The second-order valence-corrected chi connectivity index (χ2v) is 8.04. The number of aromatic amines is 1. The molecule has 2 aliphatic rings. The molecule has 7 heteroatoms. The van der Waals surface area contributed by atoms with Crippen LogP contribution in [0, 0.1) is 12.3 Å². The molecule has 0 saturated carbocycles. The Morgan fingerprint density at radius 1 is 1.25 bits per heavy atom.